The molecular weight excluding hydrogens is 584 g/mol. The zero-order valence-electron chi connectivity index (χ0n) is 32.6. The molecule has 6 atom stereocenters. The van der Waals surface area contributed by atoms with Crippen molar-refractivity contribution in [2.75, 3.05) is 39.6 Å². The van der Waals surface area contributed by atoms with Crippen molar-refractivity contribution < 1.29 is 38.3 Å². The van der Waals surface area contributed by atoms with E-state index in [0.29, 0.717) is 45.4 Å². The molecule has 276 valence electrons. The second kappa shape index (κ2) is 19.8. The Morgan fingerprint density at radius 2 is 1.39 bits per heavy atom. The van der Waals surface area contributed by atoms with Crippen molar-refractivity contribution in [3.8, 4) is 0 Å². The van der Waals surface area contributed by atoms with Crippen LogP contribution in [0.4, 0.5) is 0 Å². The largest absolute Gasteiger partial charge is 0.396 e. The van der Waals surface area contributed by atoms with Gasteiger partial charge in [0.25, 0.3) is 0 Å². The minimum atomic E-state index is -0.578. The molecule has 0 saturated carbocycles. The van der Waals surface area contributed by atoms with E-state index in [2.05, 4.69) is 76.2 Å². The van der Waals surface area contributed by atoms with Gasteiger partial charge in [-0.1, -0.05) is 34.1 Å². The molecule has 1 rings (SSSR count). The quantitative estimate of drug-likeness (QED) is 0.0928. The summed E-state index contributed by atoms with van der Waals surface area (Å²) in [6.07, 6.45) is 5.50. The summed E-state index contributed by atoms with van der Waals surface area (Å²) in [7, 11) is 0. The molecule has 0 aromatic rings. The molecule has 0 aliphatic carbocycles. The lowest BCUT2D eigenvalue weighted by Gasteiger charge is -2.41. The molecule has 46 heavy (non-hydrogen) atoms. The normalized spacial score (nSPS) is 22.6. The monoisotopic (exact) mass is 661 g/mol. The van der Waals surface area contributed by atoms with E-state index in [4.69, 9.17) is 33.2 Å². The van der Waals surface area contributed by atoms with Gasteiger partial charge in [-0.3, -0.25) is 0 Å². The van der Waals surface area contributed by atoms with Crippen molar-refractivity contribution in [3.05, 3.63) is 0 Å². The molecule has 0 spiro atoms. The molecule has 5 unspecified atom stereocenters. The Morgan fingerprint density at radius 1 is 0.739 bits per heavy atom. The van der Waals surface area contributed by atoms with Crippen molar-refractivity contribution in [2.45, 2.75) is 201 Å². The van der Waals surface area contributed by atoms with Crippen LogP contribution in [0.2, 0.25) is 0 Å². The minimum Gasteiger partial charge on any atom is -0.396 e. The Balaban J connectivity index is 3.34. The summed E-state index contributed by atoms with van der Waals surface area (Å²) in [6, 6.07) is 0. The van der Waals surface area contributed by atoms with E-state index in [9.17, 15) is 5.11 Å². The maximum Gasteiger partial charge on any atom is 0.115 e. The number of aliphatic hydroxyl groups excluding tert-OH is 1. The highest BCUT2D eigenvalue weighted by Gasteiger charge is 2.49. The Bertz CT molecular complexity index is 813. The first-order valence-corrected chi connectivity index (χ1v) is 18.4. The molecule has 0 amide bonds. The Kier molecular flexibility index (Phi) is 18.8. The SMILES string of the molecule is CCOCCC(C)(C)O[C@H](COC(C)(CC)CCOC(C)(C)CC)C1OCC(OC(C)(C)CCC(C)CC)C1OC(C)(C)CCO. The van der Waals surface area contributed by atoms with Crippen LogP contribution in [0.5, 0.6) is 0 Å². The van der Waals surface area contributed by atoms with Crippen LogP contribution in [0.3, 0.4) is 0 Å². The summed E-state index contributed by atoms with van der Waals surface area (Å²) < 4.78 is 45.8. The molecule has 1 saturated heterocycles. The molecule has 0 aromatic heterocycles. The van der Waals surface area contributed by atoms with E-state index in [1.807, 2.05) is 20.8 Å². The second-order valence-corrected chi connectivity index (χ2v) is 16.3. The summed E-state index contributed by atoms with van der Waals surface area (Å²) in [5.41, 5.74) is -1.95. The lowest BCUT2D eigenvalue weighted by atomic mass is 9.93. The average Bonchev–Trinajstić information content (AvgIpc) is 3.33. The first kappa shape index (κ1) is 43.7. The number of hydrogen-bond acceptors (Lipinski definition) is 8. The zero-order valence-corrected chi connectivity index (χ0v) is 32.6. The molecule has 1 N–H and O–H groups in total. The molecule has 1 aliphatic heterocycles. The number of rotatable bonds is 26. The van der Waals surface area contributed by atoms with Crippen LogP contribution < -0.4 is 0 Å². The summed E-state index contributed by atoms with van der Waals surface area (Å²) in [4.78, 5) is 0. The molecular formula is C38H76O8. The minimum absolute atomic E-state index is 0.0381. The lowest BCUT2D eigenvalue weighted by Crippen LogP contribution is -2.52. The molecule has 1 heterocycles. The number of aliphatic hydroxyl groups is 1. The fourth-order valence-electron chi connectivity index (χ4n) is 5.54. The fraction of sp³-hybridized carbons (Fsp3) is 1.00. The van der Waals surface area contributed by atoms with Crippen molar-refractivity contribution in [3.63, 3.8) is 0 Å². The van der Waals surface area contributed by atoms with Gasteiger partial charge in [-0.15, -0.1) is 0 Å². The van der Waals surface area contributed by atoms with Gasteiger partial charge in [-0.2, -0.15) is 0 Å². The Hall–Kier alpha value is -0.320. The van der Waals surface area contributed by atoms with Gasteiger partial charge in [-0.25, -0.2) is 0 Å². The van der Waals surface area contributed by atoms with Gasteiger partial charge in [0.2, 0.25) is 0 Å². The molecule has 0 radical (unpaired) electrons. The van der Waals surface area contributed by atoms with E-state index in [0.717, 1.165) is 44.9 Å². The van der Waals surface area contributed by atoms with E-state index in [-0.39, 0.29) is 29.5 Å². The van der Waals surface area contributed by atoms with Crippen LogP contribution >= 0.6 is 0 Å². The summed E-state index contributed by atoms with van der Waals surface area (Å²) >= 11 is 0. The van der Waals surface area contributed by atoms with E-state index >= 15 is 0 Å². The highest BCUT2D eigenvalue weighted by Crippen LogP contribution is 2.36. The van der Waals surface area contributed by atoms with Crippen LogP contribution in [-0.4, -0.2) is 97.2 Å². The third-order valence-electron chi connectivity index (χ3n) is 9.93. The first-order valence-electron chi connectivity index (χ1n) is 18.4. The Morgan fingerprint density at radius 3 is 1.96 bits per heavy atom. The molecule has 8 nitrogen and oxygen atoms in total. The predicted molar refractivity (Wildman–Crippen MR) is 188 cm³/mol. The van der Waals surface area contributed by atoms with Gasteiger partial charge in [0.05, 0.1) is 47.8 Å². The van der Waals surface area contributed by atoms with Crippen LogP contribution in [-0.2, 0) is 33.2 Å². The van der Waals surface area contributed by atoms with Gasteiger partial charge < -0.3 is 38.3 Å². The third-order valence-corrected chi connectivity index (χ3v) is 9.93. The van der Waals surface area contributed by atoms with Crippen LogP contribution in [0, 0.1) is 5.92 Å². The van der Waals surface area contributed by atoms with Crippen LogP contribution in [0.25, 0.3) is 0 Å². The highest BCUT2D eigenvalue weighted by molar-refractivity contribution is 4.96. The fourth-order valence-corrected chi connectivity index (χ4v) is 5.54. The lowest BCUT2D eigenvalue weighted by molar-refractivity contribution is -0.211. The molecule has 8 heteroatoms. The van der Waals surface area contributed by atoms with Gasteiger partial charge >= 0.3 is 0 Å². The van der Waals surface area contributed by atoms with E-state index in [1.165, 1.54) is 0 Å². The van der Waals surface area contributed by atoms with Crippen LogP contribution in [0.15, 0.2) is 0 Å². The van der Waals surface area contributed by atoms with Crippen molar-refractivity contribution in [2.24, 2.45) is 5.92 Å². The molecule has 1 fully saturated rings. The van der Waals surface area contributed by atoms with Crippen molar-refractivity contribution in [1.29, 1.82) is 0 Å². The Labute approximate surface area is 284 Å². The predicted octanol–water partition coefficient (Wildman–Crippen LogP) is 8.29. The third kappa shape index (κ3) is 16.4. The summed E-state index contributed by atoms with van der Waals surface area (Å²) in [5, 5.41) is 9.83. The first-order chi connectivity index (χ1) is 21.3. The zero-order chi connectivity index (χ0) is 35.2. The van der Waals surface area contributed by atoms with Gasteiger partial charge in [-0.05, 0) is 120 Å². The van der Waals surface area contributed by atoms with Crippen LogP contribution in [0.1, 0.15) is 148 Å². The van der Waals surface area contributed by atoms with E-state index in [1.54, 1.807) is 0 Å². The van der Waals surface area contributed by atoms with Crippen molar-refractivity contribution in [1.82, 2.24) is 0 Å². The summed E-state index contributed by atoms with van der Waals surface area (Å²) in [5.74, 6) is 0.645. The standard InChI is InChI=1S/C38H76O8/c1-15-29(5)19-20-35(8,9)44-30-27-41-32(33(30)46-36(10,11)21-24-39)31(45-37(12,13)22-25-40-18-4)28-43-38(14,17-3)23-26-42-34(6,7)16-2/h29-33,39H,15-28H2,1-14H3/t29?,30?,31-,32?,33?,38?/m1/s1. The van der Waals surface area contributed by atoms with E-state index < -0.39 is 29.5 Å². The smallest absolute Gasteiger partial charge is 0.115 e. The second-order valence-electron chi connectivity index (χ2n) is 16.3. The van der Waals surface area contributed by atoms with Crippen molar-refractivity contribution >= 4 is 0 Å². The average molecular weight is 661 g/mol. The van der Waals surface area contributed by atoms with Gasteiger partial charge in [0, 0.05) is 19.8 Å². The maximum absolute atomic E-state index is 9.83. The maximum atomic E-state index is 9.83. The number of hydrogen-bond donors (Lipinski definition) is 1. The highest BCUT2D eigenvalue weighted by atomic mass is 16.6. The molecule has 0 aromatic carbocycles. The topological polar surface area (TPSA) is 84.8 Å². The molecule has 0 bridgehead atoms. The number of ether oxygens (including phenoxy) is 7. The van der Waals surface area contributed by atoms with Gasteiger partial charge in [0.1, 0.15) is 24.4 Å². The van der Waals surface area contributed by atoms with Gasteiger partial charge in [0.15, 0.2) is 0 Å². The summed E-state index contributed by atoms with van der Waals surface area (Å²) in [6.45, 7) is 32.5. The molecule has 1 aliphatic rings.